The first-order valence-corrected chi connectivity index (χ1v) is 11.6. The lowest BCUT2D eigenvalue weighted by molar-refractivity contribution is -0.133. The van der Waals surface area contributed by atoms with Crippen molar-refractivity contribution in [3.8, 4) is 11.5 Å². The fourth-order valence-electron chi connectivity index (χ4n) is 4.74. The van der Waals surface area contributed by atoms with Crippen LogP contribution in [0.3, 0.4) is 0 Å². The van der Waals surface area contributed by atoms with Gasteiger partial charge in [0.25, 0.3) is 0 Å². The predicted molar refractivity (Wildman–Crippen MR) is 131 cm³/mol. The molecule has 0 saturated carbocycles. The fourth-order valence-corrected chi connectivity index (χ4v) is 4.91. The number of ether oxygens (including phenoxy) is 2. The van der Waals surface area contributed by atoms with Gasteiger partial charge in [0.05, 0.1) is 20.6 Å². The van der Waals surface area contributed by atoms with E-state index in [0.29, 0.717) is 36.2 Å². The summed E-state index contributed by atoms with van der Waals surface area (Å²) in [6.07, 6.45) is 4.91. The Morgan fingerprint density at radius 2 is 1.94 bits per heavy atom. The van der Waals surface area contributed by atoms with Crippen molar-refractivity contribution >= 4 is 40.4 Å². The number of carbonyl (C=O) groups excluding carboxylic acids is 2. The largest absolute Gasteiger partial charge is 0.493 e. The van der Waals surface area contributed by atoms with Crippen LogP contribution in [-0.2, 0) is 29.0 Å². The van der Waals surface area contributed by atoms with Gasteiger partial charge in [-0.2, -0.15) is 0 Å². The molecule has 0 unspecified atom stereocenters. The lowest BCUT2D eigenvalue weighted by Crippen LogP contribution is -2.38. The Bertz CT molecular complexity index is 1310. The van der Waals surface area contributed by atoms with Crippen molar-refractivity contribution in [1.29, 1.82) is 0 Å². The maximum absolute atomic E-state index is 13.0. The molecule has 0 bridgehead atoms. The Hall–Kier alpha value is -3.45. The Morgan fingerprint density at radius 1 is 1.15 bits per heavy atom. The van der Waals surface area contributed by atoms with Gasteiger partial charge in [0.2, 0.25) is 11.8 Å². The van der Waals surface area contributed by atoms with Gasteiger partial charge < -0.3 is 24.3 Å². The number of fused-ring (bicyclic) bond motifs is 4. The average Bonchev–Trinajstić information content (AvgIpc) is 3.12. The second-order valence-electron chi connectivity index (χ2n) is 8.57. The van der Waals surface area contributed by atoms with Gasteiger partial charge in [-0.05, 0) is 47.5 Å². The van der Waals surface area contributed by atoms with Crippen LogP contribution in [0.1, 0.15) is 28.8 Å². The highest BCUT2D eigenvalue weighted by atomic mass is 35.5. The van der Waals surface area contributed by atoms with Gasteiger partial charge in [0.1, 0.15) is 0 Å². The third-order valence-electron chi connectivity index (χ3n) is 6.60. The molecule has 7 nitrogen and oxygen atoms in total. The zero-order valence-corrected chi connectivity index (χ0v) is 19.9. The van der Waals surface area contributed by atoms with Crippen molar-refractivity contribution in [2.24, 2.45) is 0 Å². The van der Waals surface area contributed by atoms with E-state index in [4.69, 9.17) is 21.1 Å². The Morgan fingerprint density at radius 3 is 2.74 bits per heavy atom. The number of nitrogens with zero attached hydrogens (tertiary/aromatic N) is 2. The van der Waals surface area contributed by atoms with Crippen LogP contribution in [0.2, 0.25) is 5.02 Å². The summed E-state index contributed by atoms with van der Waals surface area (Å²) >= 11 is 6.19. The summed E-state index contributed by atoms with van der Waals surface area (Å²) in [6.45, 7) is 1.53. The minimum atomic E-state index is -0.0535. The molecule has 176 valence electrons. The summed E-state index contributed by atoms with van der Waals surface area (Å²) < 4.78 is 10.7. The topological polar surface area (TPSA) is 74.9 Å². The van der Waals surface area contributed by atoms with Gasteiger partial charge in [-0.1, -0.05) is 11.6 Å². The Kier molecular flexibility index (Phi) is 5.96. The highest BCUT2D eigenvalue weighted by Crippen LogP contribution is 2.33. The summed E-state index contributed by atoms with van der Waals surface area (Å²) in [5.41, 5.74) is 5.10. The second-order valence-corrected chi connectivity index (χ2v) is 9.01. The smallest absolute Gasteiger partial charge is 0.230 e. The molecule has 8 heteroatoms. The number of benzene rings is 2. The van der Waals surface area contributed by atoms with Crippen LogP contribution >= 0.6 is 11.6 Å². The number of rotatable bonds is 5. The van der Waals surface area contributed by atoms with E-state index in [1.165, 1.54) is 0 Å². The predicted octanol–water partition coefficient (Wildman–Crippen LogP) is 4.17. The molecule has 2 aromatic carbocycles. The molecule has 0 atom stereocenters. The van der Waals surface area contributed by atoms with Gasteiger partial charge >= 0.3 is 0 Å². The van der Waals surface area contributed by atoms with Crippen molar-refractivity contribution in [2.75, 3.05) is 27.3 Å². The van der Waals surface area contributed by atoms with E-state index in [1.807, 2.05) is 41.3 Å². The summed E-state index contributed by atoms with van der Waals surface area (Å²) in [5, 5.41) is 1.75. The Labute approximate surface area is 202 Å². The minimum absolute atomic E-state index is 0.0355. The molecule has 3 heterocycles. The Balaban J connectivity index is 1.26. The monoisotopic (exact) mass is 479 g/mol. The normalized spacial score (nSPS) is 15.2. The minimum Gasteiger partial charge on any atom is -0.493 e. The average molecular weight is 480 g/mol. The number of carbonyl (C=O) groups is 2. The summed E-state index contributed by atoms with van der Waals surface area (Å²) in [6, 6.07) is 9.49. The lowest BCUT2D eigenvalue weighted by atomic mass is 10.0. The van der Waals surface area contributed by atoms with Crippen molar-refractivity contribution in [1.82, 2.24) is 14.8 Å². The van der Waals surface area contributed by atoms with E-state index >= 15 is 0 Å². The van der Waals surface area contributed by atoms with E-state index < -0.39 is 0 Å². The van der Waals surface area contributed by atoms with Gasteiger partial charge in [-0.3, -0.25) is 9.59 Å². The molecular formula is C26H26ClN3O4. The number of hydrogen-bond donors (Lipinski definition) is 1. The molecule has 5 rings (SSSR count). The third-order valence-corrected chi connectivity index (χ3v) is 6.83. The first kappa shape index (κ1) is 22.3. The molecule has 34 heavy (non-hydrogen) atoms. The van der Waals surface area contributed by atoms with E-state index in [1.54, 1.807) is 25.3 Å². The number of amides is 2. The number of aromatic amines is 1. The highest BCUT2D eigenvalue weighted by Gasteiger charge is 2.25. The third kappa shape index (κ3) is 4.12. The number of nitrogens with one attached hydrogen (secondary N) is 1. The number of methoxy groups -OCH3 is 2. The fraction of sp³-hybridized carbons (Fsp3) is 0.308. The molecule has 1 N–H and O–H groups in total. The molecule has 0 aliphatic carbocycles. The van der Waals surface area contributed by atoms with Crippen LogP contribution in [0, 0.1) is 0 Å². The van der Waals surface area contributed by atoms with Crippen LogP contribution in [0.5, 0.6) is 11.5 Å². The van der Waals surface area contributed by atoms with Crippen molar-refractivity contribution < 1.29 is 19.1 Å². The number of hydrogen-bond acceptors (Lipinski definition) is 4. The standard InChI is InChI=1S/C26H26ClN3O4/c1-33-23-11-16-5-8-29(26(32)13-17(16)12-24(23)34-2)10-7-25(31)30-9-6-22-20(15-30)19-14-18(27)3-4-21(19)28-22/h3-5,8,11-12,14,28H,6-7,9-10,13,15H2,1-2H3. The van der Waals surface area contributed by atoms with Gasteiger partial charge in [0, 0.05) is 65.9 Å². The van der Waals surface area contributed by atoms with E-state index in [-0.39, 0.29) is 24.7 Å². The molecule has 0 saturated heterocycles. The molecule has 3 aromatic rings. The molecule has 0 fully saturated rings. The second kappa shape index (κ2) is 9.06. The lowest BCUT2D eigenvalue weighted by Gasteiger charge is -2.28. The van der Waals surface area contributed by atoms with Gasteiger partial charge in [0.15, 0.2) is 11.5 Å². The van der Waals surface area contributed by atoms with Crippen molar-refractivity contribution in [3.63, 3.8) is 0 Å². The van der Waals surface area contributed by atoms with Crippen LogP contribution in [0.15, 0.2) is 36.5 Å². The zero-order chi connectivity index (χ0) is 23.8. The highest BCUT2D eigenvalue weighted by molar-refractivity contribution is 6.31. The van der Waals surface area contributed by atoms with Gasteiger partial charge in [-0.25, -0.2) is 0 Å². The van der Waals surface area contributed by atoms with Crippen LogP contribution in [0.4, 0.5) is 0 Å². The van der Waals surface area contributed by atoms with Crippen molar-refractivity contribution in [3.05, 3.63) is 63.9 Å². The molecular weight excluding hydrogens is 454 g/mol. The number of aromatic nitrogens is 1. The van der Waals surface area contributed by atoms with Crippen molar-refractivity contribution in [2.45, 2.75) is 25.8 Å². The SMILES string of the molecule is COc1cc2c(cc1OC)CC(=O)N(CCC(=O)N1CCc3[nH]c4ccc(Cl)cc4c3C1)C=C2. The summed E-state index contributed by atoms with van der Waals surface area (Å²) in [7, 11) is 3.16. The van der Waals surface area contributed by atoms with E-state index in [0.717, 1.165) is 39.7 Å². The zero-order valence-electron chi connectivity index (χ0n) is 19.2. The van der Waals surface area contributed by atoms with E-state index in [2.05, 4.69) is 4.98 Å². The number of H-pyrrole nitrogens is 1. The molecule has 0 radical (unpaired) electrons. The van der Waals surface area contributed by atoms with Crippen LogP contribution < -0.4 is 9.47 Å². The maximum atomic E-state index is 13.0. The quantitative estimate of drug-likeness (QED) is 0.596. The maximum Gasteiger partial charge on any atom is 0.230 e. The first-order valence-electron chi connectivity index (χ1n) is 11.3. The molecule has 0 spiro atoms. The molecule has 1 aromatic heterocycles. The molecule has 2 aliphatic heterocycles. The molecule has 2 aliphatic rings. The first-order chi connectivity index (χ1) is 16.5. The number of halogens is 1. The van der Waals surface area contributed by atoms with Crippen LogP contribution in [0.25, 0.3) is 17.0 Å². The van der Waals surface area contributed by atoms with Crippen LogP contribution in [-0.4, -0.2) is 53.9 Å². The molecule has 2 amide bonds. The van der Waals surface area contributed by atoms with Gasteiger partial charge in [-0.15, -0.1) is 0 Å². The summed E-state index contributed by atoms with van der Waals surface area (Å²) in [4.78, 5) is 32.9. The van der Waals surface area contributed by atoms with E-state index in [9.17, 15) is 9.59 Å². The summed E-state index contributed by atoms with van der Waals surface area (Å²) in [5.74, 6) is 1.19.